The zero-order valence-electron chi connectivity index (χ0n) is 17.7. The second-order valence-corrected chi connectivity index (χ2v) is 8.19. The molecule has 0 aliphatic carbocycles. The SMILES string of the molecule is O=C1c2ccc([N+](=O)[O-])cc2C(=O)N1CC(=O)N1CCCC1c1ccc2c(c1)OCCCO2. The van der Waals surface area contributed by atoms with Crippen molar-refractivity contribution in [2.24, 2.45) is 0 Å². The Morgan fingerprint density at radius 2 is 1.76 bits per heavy atom. The Hall–Kier alpha value is -3.95. The van der Waals surface area contributed by atoms with Gasteiger partial charge in [0.2, 0.25) is 5.91 Å². The van der Waals surface area contributed by atoms with Crippen LogP contribution in [0, 0.1) is 10.1 Å². The standard InChI is InChI=1S/C23H21N3O7/c27-21(13-25-22(28)16-6-5-15(26(30)31)12-17(16)23(25)29)24-8-1-3-18(24)14-4-7-19-20(11-14)33-10-2-9-32-19/h4-7,11-12,18H,1-3,8-10,13H2. The Morgan fingerprint density at radius 1 is 1.00 bits per heavy atom. The fraction of sp³-hybridized carbons (Fsp3) is 0.348. The molecule has 1 saturated heterocycles. The molecule has 10 nitrogen and oxygen atoms in total. The number of fused-ring (bicyclic) bond motifs is 2. The van der Waals surface area contributed by atoms with Gasteiger partial charge in [0.1, 0.15) is 6.54 Å². The summed E-state index contributed by atoms with van der Waals surface area (Å²) in [5, 5.41) is 11.0. The number of benzene rings is 2. The van der Waals surface area contributed by atoms with Crippen LogP contribution in [-0.4, -0.2) is 58.7 Å². The van der Waals surface area contributed by atoms with Gasteiger partial charge >= 0.3 is 0 Å². The molecule has 0 N–H and O–H groups in total. The number of nitrogens with zero attached hydrogens (tertiary/aromatic N) is 3. The van der Waals surface area contributed by atoms with E-state index in [9.17, 15) is 24.5 Å². The Morgan fingerprint density at radius 3 is 2.55 bits per heavy atom. The van der Waals surface area contributed by atoms with E-state index in [0.29, 0.717) is 31.3 Å². The van der Waals surface area contributed by atoms with Crippen LogP contribution in [0.5, 0.6) is 11.5 Å². The first-order chi connectivity index (χ1) is 15.9. The normalized spacial score (nSPS) is 19.5. The minimum absolute atomic E-state index is 0.0529. The molecule has 2 aromatic carbocycles. The minimum Gasteiger partial charge on any atom is -0.490 e. The Balaban J connectivity index is 1.34. The van der Waals surface area contributed by atoms with E-state index in [0.717, 1.165) is 35.8 Å². The number of hydrogen-bond acceptors (Lipinski definition) is 7. The van der Waals surface area contributed by atoms with Crippen LogP contribution in [0.1, 0.15) is 51.6 Å². The van der Waals surface area contributed by atoms with E-state index in [1.165, 1.54) is 12.1 Å². The lowest BCUT2D eigenvalue weighted by atomic mass is 10.0. The summed E-state index contributed by atoms with van der Waals surface area (Å²) >= 11 is 0. The monoisotopic (exact) mass is 451 g/mol. The van der Waals surface area contributed by atoms with Gasteiger partial charge in [-0.1, -0.05) is 6.07 Å². The number of ether oxygens (including phenoxy) is 2. The summed E-state index contributed by atoms with van der Waals surface area (Å²) in [5.41, 5.74) is 0.641. The molecule has 0 bridgehead atoms. The molecule has 170 valence electrons. The zero-order chi connectivity index (χ0) is 23.1. The summed E-state index contributed by atoms with van der Waals surface area (Å²) in [4.78, 5) is 51.6. The molecule has 2 aromatic rings. The number of likely N-dealkylation sites (tertiary alicyclic amines) is 1. The second-order valence-electron chi connectivity index (χ2n) is 8.19. The first-order valence-corrected chi connectivity index (χ1v) is 10.8. The third-order valence-corrected chi connectivity index (χ3v) is 6.19. The summed E-state index contributed by atoms with van der Waals surface area (Å²) in [5.74, 6) is -0.352. The molecule has 3 aliphatic rings. The minimum atomic E-state index is -0.696. The Labute approximate surface area is 188 Å². The molecule has 33 heavy (non-hydrogen) atoms. The van der Waals surface area contributed by atoms with Crippen molar-refractivity contribution in [1.82, 2.24) is 9.80 Å². The van der Waals surface area contributed by atoms with Crippen molar-refractivity contribution in [2.75, 3.05) is 26.3 Å². The molecule has 3 amide bonds. The van der Waals surface area contributed by atoms with Crippen LogP contribution in [0.2, 0.25) is 0 Å². The van der Waals surface area contributed by atoms with Crippen LogP contribution >= 0.6 is 0 Å². The second kappa shape index (κ2) is 8.19. The lowest BCUT2D eigenvalue weighted by Crippen LogP contribution is -2.42. The highest BCUT2D eigenvalue weighted by molar-refractivity contribution is 6.22. The van der Waals surface area contributed by atoms with E-state index in [1.54, 1.807) is 4.90 Å². The van der Waals surface area contributed by atoms with Crippen molar-refractivity contribution < 1.29 is 28.8 Å². The predicted molar refractivity (Wildman–Crippen MR) is 114 cm³/mol. The third kappa shape index (κ3) is 3.67. The van der Waals surface area contributed by atoms with E-state index >= 15 is 0 Å². The highest BCUT2D eigenvalue weighted by atomic mass is 16.6. The first-order valence-electron chi connectivity index (χ1n) is 10.8. The molecule has 3 heterocycles. The molecule has 1 unspecified atom stereocenters. The fourth-order valence-electron chi connectivity index (χ4n) is 4.56. The number of rotatable bonds is 4. The maximum atomic E-state index is 13.2. The van der Waals surface area contributed by atoms with Crippen molar-refractivity contribution >= 4 is 23.4 Å². The number of carbonyl (C=O) groups is 3. The summed E-state index contributed by atoms with van der Waals surface area (Å²) in [6, 6.07) is 8.95. The van der Waals surface area contributed by atoms with Gasteiger partial charge < -0.3 is 14.4 Å². The highest BCUT2D eigenvalue weighted by Crippen LogP contribution is 2.38. The largest absolute Gasteiger partial charge is 0.490 e. The third-order valence-electron chi connectivity index (χ3n) is 6.19. The van der Waals surface area contributed by atoms with Crippen molar-refractivity contribution in [3.63, 3.8) is 0 Å². The van der Waals surface area contributed by atoms with Gasteiger partial charge in [-0.05, 0) is 36.6 Å². The average molecular weight is 451 g/mol. The molecular weight excluding hydrogens is 430 g/mol. The lowest BCUT2D eigenvalue weighted by Gasteiger charge is -2.27. The number of carbonyl (C=O) groups excluding carboxylic acids is 3. The summed E-state index contributed by atoms with van der Waals surface area (Å²) in [7, 11) is 0. The number of hydrogen-bond donors (Lipinski definition) is 0. The van der Waals surface area contributed by atoms with Crippen molar-refractivity contribution in [3.8, 4) is 11.5 Å². The van der Waals surface area contributed by atoms with Crippen LogP contribution in [0.25, 0.3) is 0 Å². The molecule has 1 atom stereocenters. The smallest absolute Gasteiger partial charge is 0.270 e. The quantitative estimate of drug-likeness (QED) is 0.398. The molecule has 0 radical (unpaired) electrons. The van der Waals surface area contributed by atoms with E-state index in [1.807, 2.05) is 18.2 Å². The van der Waals surface area contributed by atoms with Gasteiger partial charge in [0.25, 0.3) is 17.5 Å². The van der Waals surface area contributed by atoms with Gasteiger partial charge in [0.05, 0.1) is 35.3 Å². The highest BCUT2D eigenvalue weighted by Gasteiger charge is 2.40. The maximum absolute atomic E-state index is 13.2. The number of non-ortho nitro benzene ring substituents is 1. The average Bonchev–Trinajstić information content (AvgIpc) is 3.30. The van der Waals surface area contributed by atoms with Crippen LogP contribution in [-0.2, 0) is 4.79 Å². The van der Waals surface area contributed by atoms with Gasteiger partial charge in [-0.3, -0.25) is 29.4 Å². The van der Waals surface area contributed by atoms with Crippen molar-refractivity contribution in [3.05, 3.63) is 63.2 Å². The van der Waals surface area contributed by atoms with E-state index in [4.69, 9.17) is 9.47 Å². The lowest BCUT2D eigenvalue weighted by molar-refractivity contribution is -0.384. The van der Waals surface area contributed by atoms with Gasteiger partial charge in [-0.15, -0.1) is 0 Å². The van der Waals surface area contributed by atoms with Crippen LogP contribution < -0.4 is 9.47 Å². The molecule has 1 fully saturated rings. The van der Waals surface area contributed by atoms with Crippen LogP contribution in [0.3, 0.4) is 0 Å². The molecule has 0 aromatic heterocycles. The summed E-state index contributed by atoms with van der Waals surface area (Å²) < 4.78 is 11.4. The molecular formula is C23H21N3O7. The molecule has 10 heteroatoms. The van der Waals surface area contributed by atoms with Crippen molar-refractivity contribution in [1.29, 1.82) is 0 Å². The van der Waals surface area contributed by atoms with Gasteiger partial charge in [-0.2, -0.15) is 0 Å². The van der Waals surface area contributed by atoms with Gasteiger partial charge in [0, 0.05) is 25.1 Å². The van der Waals surface area contributed by atoms with E-state index < -0.39 is 23.3 Å². The molecule has 3 aliphatic heterocycles. The zero-order valence-corrected chi connectivity index (χ0v) is 17.7. The number of nitro groups is 1. The fourth-order valence-corrected chi connectivity index (χ4v) is 4.56. The molecule has 0 saturated carbocycles. The van der Waals surface area contributed by atoms with Gasteiger partial charge in [-0.25, -0.2) is 0 Å². The first kappa shape index (κ1) is 20.9. The maximum Gasteiger partial charge on any atom is 0.270 e. The Bertz CT molecular complexity index is 1180. The predicted octanol–water partition coefficient (Wildman–Crippen LogP) is 2.72. The Kier molecular flexibility index (Phi) is 5.20. The number of amides is 3. The summed E-state index contributed by atoms with van der Waals surface area (Å²) in [6.45, 7) is 1.24. The van der Waals surface area contributed by atoms with Crippen LogP contribution in [0.15, 0.2) is 36.4 Å². The van der Waals surface area contributed by atoms with Gasteiger partial charge in [0.15, 0.2) is 11.5 Å². The molecule has 0 spiro atoms. The molecule has 5 rings (SSSR count). The summed E-state index contributed by atoms with van der Waals surface area (Å²) in [6.07, 6.45) is 2.33. The van der Waals surface area contributed by atoms with E-state index in [-0.39, 0.29) is 28.8 Å². The van der Waals surface area contributed by atoms with Crippen molar-refractivity contribution in [2.45, 2.75) is 25.3 Å². The topological polar surface area (TPSA) is 119 Å². The van der Waals surface area contributed by atoms with Crippen LogP contribution in [0.4, 0.5) is 5.69 Å². The van der Waals surface area contributed by atoms with E-state index in [2.05, 4.69) is 0 Å². The number of imide groups is 1. The number of nitro benzene ring substituents is 1.